The number of rotatable bonds is 2. The summed E-state index contributed by atoms with van der Waals surface area (Å²) in [4.78, 5) is 0. The van der Waals surface area contributed by atoms with Crippen LogP contribution < -0.4 is 21.9 Å². The van der Waals surface area contributed by atoms with E-state index < -0.39 is 0 Å². The molecule has 1 aromatic carbocycles. The molecule has 0 saturated carbocycles. The largest absolute Gasteiger partial charge is 0.506 e. The highest BCUT2D eigenvalue weighted by Crippen LogP contribution is 2.37. The number of benzene rings is 1. The summed E-state index contributed by atoms with van der Waals surface area (Å²) in [6.45, 7) is 1.94. The van der Waals surface area contributed by atoms with Crippen LogP contribution in [0.3, 0.4) is 0 Å². The van der Waals surface area contributed by atoms with Crippen LogP contribution in [0.2, 0.25) is 5.02 Å². The quantitative estimate of drug-likeness (QED) is 0.571. The van der Waals surface area contributed by atoms with Gasteiger partial charge in [0.15, 0.2) is 5.82 Å². The van der Waals surface area contributed by atoms with E-state index in [1.807, 2.05) is 10.8 Å². The van der Waals surface area contributed by atoms with Gasteiger partial charge in [0.1, 0.15) is 11.4 Å². The molecule has 1 aromatic heterocycles. The van der Waals surface area contributed by atoms with Gasteiger partial charge in [0.25, 0.3) is 0 Å². The molecule has 1 fully saturated rings. The van der Waals surface area contributed by atoms with Crippen molar-refractivity contribution in [3.05, 3.63) is 34.5 Å². The number of hydrazine groups is 1. The molecule has 2 aromatic rings. The molecule has 3 heterocycles. The van der Waals surface area contributed by atoms with Crippen LogP contribution in [0.15, 0.2) is 18.2 Å². The first-order chi connectivity index (χ1) is 11.6. The van der Waals surface area contributed by atoms with E-state index in [0.29, 0.717) is 22.4 Å². The van der Waals surface area contributed by atoms with E-state index in [-0.39, 0.29) is 5.75 Å². The Hall–Kier alpha value is -2.38. The smallest absolute Gasteiger partial charge is 0.171 e. The average molecular weight is 347 g/mol. The van der Waals surface area contributed by atoms with Crippen molar-refractivity contribution in [3.63, 3.8) is 0 Å². The minimum absolute atomic E-state index is 0.0454. The van der Waals surface area contributed by atoms with Crippen LogP contribution in [0.4, 0.5) is 11.5 Å². The van der Waals surface area contributed by atoms with Gasteiger partial charge in [-0.2, -0.15) is 5.10 Å². The van der Waals surface area contributed by atoms with Crippen molar-refractivity contribution in [1.29, 1.82) is 0 Å². The number of hydrogen-bond acceptors (Lipinski definition) is 6. The van der Waals surface area contributed by atoms with Crippen LogP contribution in [-0.2, 0) is 0 Å². The SMILES string of the molecule is Nc1nn(C2CCNCC2)c2c1NNC(c1cccc(Cl)c1O)=C2. The topological polar surface area (TPSA) is 100 Å². The summed E-state index contributed by atoms with van der Waals surface area (Å²) in [5.74, 6) is 0.505. The summed E-state index contributed by atoms with van der Waals surface area (Å²) < 4.78 is 1.99. The highest BCUT2D eigenvalue weighted by atomic mass is 35.5. The Morgan fingerprint density at radius 2 is 2.04 bits per heavy atom. The van der Waals surface area contributed by atoms with Crippen LogP contribution >= 0.6 is 11.6 Å². The van der Waals surface area contributed by atoms with E-state index >= 15 is 0 Å². The van der Waals surface area contributed by atoms with Crippen LogP contribution in [0, 0.1) is 0 Å². The number of piperidine rings is 1. The van der Waals surface area contributed by atoms with Crippen molar-refractivity contribution in [2.45, 2.75) is 18.9 Å². The molecule has 0 unspecified atom stereocenters. The lowest BCUT2D eigenvalue weighted by molar-refractivity contribution is 0.342. The first-order valence-corrected chi connectivity index (χ1v) is 8.33. The lowest BCUT2D eigenvalue weighted by Gasteiger charge is -2.26. The summed E-state index contributed by atoms with van der Waals surface area (Å²) in [6, 6.07) is 5.57. The van der Waals surface area contributed by atoms with Crippen molar-refractivity contribution in [2.24, 2.45) is 0 Å². The van der Waals surface area contributed by atoms with Crippen LogP contribution in [0.1, 0.15) is 30.1 Å². The number of nitrogens with zero attached hydrogens (tertiary/aromatic N) is 2. The normalized spacial score (nSPS) is 17.6. The highest BCUT2D eigenvalue weighted by molar-refractivity contribution is 6.32. The zero-order valence-corrected chi connectivity index (χ0v) is 13.8. The first kappa shape index (κ1) is 15.2. The van der Waals surface area contributed by atoms with Crippen molar-refractivity contribution >= 4 is 34.9 Å². The fourth-order valence-electron chi connectivity index (χ4n) is 3.24. The Morgan fingerprint density at radius 3 is 2.83 bits per heavy atom. The summed E-state index contributed by atoms with van der Waals surface area (Å²) in [5, 5.41) is 18.4. The van der Waals surface area contributed by atoms with Gasteiger partial charge in [0.05, 0.1) is 22.5 Å². The molecule has 24 heavy (non-hydrogen) atoms. The number of anilines is 2. The van der Waals surface area contributed by atoms with Crippen molar-refractivity contribution in [2.75, 3.05) is 24.2 Å². The van der Waals surface area contributed by atoms with E-state index in [1.54, 1.807) is 18.2 Å². The predicted octanol–water partition coefficient (Wildman–Crippen LogP) is 2.18. The van der Waals surface area contributed by atoms with Gasteiger partial charge in [-0.25, -0.2) is 0 Å². The number of aromatic nitrogens is 2. The minimum Gasteiger partial charge on any atom is -0.506 e. The lowest BCUT2D eigenvalue weighted by Crippen LogP contribution is -2.31. The minimum atomic E-state index is 0.0454. The standard InChI is InChI=1S/C16H19ClN6O/c17-11-3-1-2-10(15(11)24)12-8-13-14(21-20-12)16(18)22-23(13)9-4-6-19-7-5-9/h1-3,8-9,19-21,24H,4-7H2,(H2,18,22). The van der Waals surface area contributed by atoms with Gasteiger partial charge in [-0.15, -0.1) is 0 Å². The third kappa shape index (κ3) is 2.46. The highest BCUT2D eigenvalue weighted by Gasteiger charge is 2.26. The maximum atomic E-state index is 10.2. The van der Waals surface area contributed by atoms with E-state index in [1.165, 1.54) is 0 Å². The monoisotopic (exact) mass is 346 g/mol. The zero-order valence-electron chi connectivity index (χ0n) is 13.0. The molecule has 0 atom stereocenters. The number of fused-ring (bicyclic) bond motifs is 1. The van der Waals surface area contributed by atoms with Crippen LogP contribution in [0.25, 0.3) is 11.8 Å². The molecule has 0 bridgehead atoms. The van der Waals surface area contributed by atoms with Gasteiger partial charge in [0, 0.05) is 5.56 Å². The molecule has 126 valence electrons. The fraction of sp³-hybridized carbons (Fsp3) is 0.312. The Balaban J connectivity index is 1.78. The number of para-hydroxylation sites is 1. The summed E-state index contributed by atoms with van der Waals surface area (Å²) in [6.07, 6.45) is 3.96. The number of phenols is 1. The van der Waals surface area contributed by atoms with E-state index in [0.717, 1.165) is 43.0 Å². The lowest BCUT2D eigenvalue weighted by atomic mass is 10.1. The molecule has 0 amide bonds. The Labute approximate surface area is 144 Å². The zero-order chi connectivity index (χ0) is 16.7. The second-order valence-corrected chi connectivity index (χ2v) is 6.42. The average Bonchev–Trinajstić information content (AvgIpc) is 2.94. The molecule has 0 spiro atoms. The molecule has 7 nitrogen and oxygen atoms in total. The molecule has 1 saturated heterocycles. The molecular formula is C16H19ClN6O. The number of phenolic OH excluding ortho intramolecular Hbond substituents is 1. The van der Waals surface area contributed by atoms with Gasteiger partial charge >= 0.3 is 0 Å². The number of hydrogen-bond donors (Lipinski definition) is 5. The summed E-state index contributed by atoms with van der Waals surface area (Å²) in [5.41, 5.74) is 15.2. The molecule has 8 heteroatoms. The maximum Gasteiger partial charge on any atom is 0.171 e. The Morgan fingerprint density at radius 1 is 1.25 bits per heavy atom. The molecular weight excluding hydrogens is 328 g/mol. The first-order valence-electron chi connectivity index (χ1n) is 7.95. The molecule has 0 aliphatic carbocycles. The molecule has 2 aliphatic heterocycles. The molecule has 6 N–H and O–H groups in total. The third-order valence-electron chi connectivity index (χ3n) is 4.51. The van der Waals surface area contributed by atoms with Gasteiger partial charge in [-0.3, -0.25) is 15.5 Å². The van der Waals surface area contributed by atoms with E-state index in [9.17, 15) is 5.11 Å². The van der Waals surface area contributed by atoms with Gasteiger partial charge < -0.3 is 16.2 Å². The van der Waals surface area contributed by atoms with Gasteiger partial charge in [0.2, 0.25) is 0 Å². The number of nitrogens with two attached hydrogens (primary N) is 1. The maximum absolute atomic E-state index is 10.2. The van der Waals surface area contributed by atoms with Crippen molar-refractivity contribution < 1.29 is 5.11 Å². The molecule has 4 rings (SSSR count). The molecule has 0 radical (unpaired) electrons. The summed E-state index contributed by atoms with van der Waals surface area (Å²) in [7, 11) is 0. The Kier molecular flexibility index (Phi) is 3.74. The van der Waals surface area contributed by atoms with Crippen molar-refractivity contribution in [1.82, 2.24) is 20.5 Å². The van der Waals surface area contributed by atoms with Crippen LogP contribution in [-0.4, -0.2) is 28.0 Å². The van der Waals surface area contributed by atoms with E-state index in [4.69, 9.17) is 17.3 Å². The van der Waals surface area contributed by atoms with Crippen LogP contribution in [0.5, 0.6) is 5.75 Å². The fourth-order valence-corrected chi connectivity index (χ4v) is 3.42. The van der Waals surface area contributed by atoms with Gasteiger partial charge in [-0.1, -0.05) is 17.7 Å². The predicted molar refractivity (Wildman–Crippen MR) is 95.5 cm³/mol. The second kappa shape index (κ2) is 5.92. The number of nitrogens with one attached hydrogen (secondary N) is 3. The number of nitrogen functional groups attached to an aromatic ring is 1. The third-order valence-corrected chi connectivity index (χ3v) is 4.81. The number of halogens is 1. The second-order valence-electron chi connectivity index (χ2n) is 6.02. The molecule has 2 aliphatic rings. The van der Waals surface area contributed by atoms with Gasteiger partial charge in [-0.05, 0) is 44.1 Å². The van der Waals surface area contributed by atoms with E-state index in [2.05, 4.69) is 21.3 Å². The summed E-state index contributed by atoms with van der Waals surface area (Å²) >= 11 is 6.02. The Bertz CT molecular complexity index is 809. The van der Waals surface area contributed by atoms with Crippen molar-refractivity contribution in [3.8, 4) is 5.75 Å². The number of aromatic hydroxyl groups is 1.